The van der Waals surface area contributed by atoms with E-state index in [0.29, 0.717) is 63.0 Å². The molecular formula is C12H22B8N8. The normalized spacial score (nSPS) is 46.9. The van der Waals surface area contributed by atoms with Crippen molar-refractivity contribution < 1.29 is 0 Å². The van der Waals surface area contributed by atoms with E-state index in [4.69, 9.17) is 0 Å². The maximum atomic E-state index is 3.85. The van der Waals surface area contributed by atoms with Gasteiger partial charge in [-0.1, -0.05) is 0 Å². The van der Waals surface area contributed by atoms with Gasteiger partial charge in [0.1, 0.15) is 0 Å². The number of piperazine rings is 1. The molecule has 0 aromatic heterocycles. The molecule has 28 heavy (non-hydrogen) atoms. The average molecular weight is 365 g/mol. The quantitative estimate of drug-likeness (QED) is 0.317. The number of hydrogen-bond acceptors (Lipinski definition) is 8. The van der Waals surface area contributed by atoms with Gasteiger partial charge < -0.3 is 40.2 Å². The van der Waals surface area contributed by atoms with Gasteiger partial charge in [-0.25, -0.2) is 0 Å². The van der Waals surface area contributed by atoms with Gasteiger partial charge in [0.15, 0.2) is 0 Å². The van der Waals surface area contributed by atoms with Crippen molar-refractivity contribution in [1.82, 2.24) is 40.2 Å². The standard InChI is InChI=1S/C12H22B8N8/c1-13-23-9-10-20-12-11-19(9)25(1)5-17-3-21-15-7(27(11)17)8-16-22-4-18(28(8)12)6-26(20)2-14-24-10/h7-12,21-24H,1-6H2. The maximum Gasteiger partial charge on any atom is 0.257 e. The van der Waals surface area contributed by atoms with Gasteiger partial charge in [0, 0.05) is 23.8 Å². The Labute approximate surface area is 171 Å². The van der Waals surface area contributed by atoms with Crippen LogP contribution in [0.15, 0.2) is 0 Å². The second-order valence-electron chi connectivity index (χ2n) is 10.00. The fourth-order valence-corrected chi connectivity index (χ4v) is 8.31. The summed E-state index contributed by atoms with van der Waals surface area (Å²) < 4.78 is 0. The lowest BCUT2D eigenvalue weighted by molar-refractivity contribution is 0.115. The van der Waals surface area contributed by atoms with E-state index in [0.717, 1.165) is 25.8 Å². The molecule has 8 fully saturated rings. The summed E-state index contributed by atoms with van der Waals surface area (Å²) in [5, 5.41) is 15.0. The third kappa shape index (κ3) is 1.96. The van der Waals surface area contributed by atoms with Crippen LogP contribution in [-0.4, -0.2) is 151 Å². The number of nitrogens with zero attached hydrogens (tertiary/aromatic N) is 4. The van der Waals surface area contributed by atoms with Crippen molar-refractivity contribution >= 4 is 57.0 Å². The summed E-state index contributed by atoms with van der Waals surface area (Å²) in [7, 11) is 9.48. The van der Waals surface area contributed by atoms with Crippen LogP contribution in [0.25, 0.3) is 0 Å². The molecular weight excluding hydrogens is 343 g/mol. The minimum Gasteiger partial charge on any atom is -0.364 e. The lowest BCUT2D eigenvalue weighted by atomic mass is 9.17. The molecule has 0 bridgehead atoms. The molecule has 0 amide bonds. The fourth-order valence-electron chi connectivity index (χ4n) is 8.31. The molecule has 0 saturated carbocycles. The third-order valence-corrected chi connectivity index (χ3v) is 9.03. The van der Waals surface area contributed by atoms with Gasteiger partial charge in [0.25, 0.3) is 13.7 Å². The lowest BCUT2D eigenvalue weighted by Crippen LogP contribution is -3.00. The highest BCUT2D eigenvalue weighted by molar-refractivity contribution is 6.81. The third-order valence-electron chi connectivity index (χ3n) is 9.03. The summed E-state index contributed by atoms with van der Waals surface area (Å²) in [6.07, 6.45) is 6.72. The second-order valence-corrected chi connectivity index (χ2v) is 10.00. The van der Waals surface area contributed by atoms with Crippen molar-refractivity contribution in [3.63, 3.8) is 0 Å². The van der Waals surface area contributed by atoms with Gasteiger partial charge in [-0.2, -0.15) is 0 Å². The van der Waals surface area contributed by atoms with Crippen LogP contribution in [0.1, 0.15) is 0 Å². The van der Waals surface area contributed by atoms with Gasteiger partial charge in [-0.3, -0.25) is 0 Å². The van der Waals surface area contributed by atoms with E-state index in [1.807, 2.05) is 0 Å². The molecule has 8 saturated heterocycles. The molecule has 8 nitrogen and oxygen atoms in total. The van der Waals surface area contributed by atoms with Gasteiger partial charge in [0.05, 0.1) is 0 Å². The molecule has 0 aromatic carbocycles. The van der Waals surface area contributed by atoms with Crippen molar-refractivity contribution in [1.29, 1.82) is 0 Å². The largest absolute Gasteiger partial charge is 0.364 e. The summed E-state index contributed by atoms with van der Waals surface area (Å²) >= 11 is 0. The Bertz CT molecular complexity index is 586. The highest BCUT2D eigenvalue weighted by Crippen LogP contribution is 2.43. The first kappa shape index (κ1) is 16.8. The van der Waals surface area contributed by atoms with E-state index in [1.54, 1.807) is 0 Å². The van der Waals surface area contributed by atoms with E-state index < -0.39 is 0 Å². The topological polar surface area (TPSA) is 61.1 Å². The number of nitrogens with one attached hydrogen (secondary N) is 4. The summed E-state index contributed by atoms with van der Waals surface area (Å²) in [4.78, 5) is 11.5. The Morgan fingerprint density at radius 1 is 0.714 bits per heavy atom. The van der Waals surface area contributed by atoms with Crippen LogP contribution >= 0.6 is 0 Å². The molecule has 8 aliphatic heterocycles. The van der Waals surface area contributed by atoms with Crippen LogP contribution in [0.2, 0.25) is 0 Å². The Morgan fingerprint density at radius 3 is 1.71 bits per heavy atom. The lowest BCUT2D eigenvalue weighted by Gasteiger charge is -2.74. The first-order valence-electron chi connectivity index (χ1n) is 11.2. The van der Waals surface area contributed by atoms with Crippen LogP contribution in [0.4, 0.5) is 0 Å². The summed E-state index contributed by atoms with van der Waals surface area (Å²) in [5.41, 5.74) is 0. The van der Waals surface area contributed by atoms with Crippen molar-refractivity contribution in [2.24, 2.45) is 0 Å². The van der Waals surface area contributed by atoms with Gasteiger partial charge >= 0.3 is 0 Å². The number of fused-ring (bicyclic) bond motifs is 2. The van der Waals surface area contributed by atoms with Gasteiger partial charge in [-0.05, 0) is 50.5 Å². The predicted octanol–water partition coefficient (Wildman–Crippen LogP) is -6.54. The van der Waals surface area contributed by atoms with Gasteiger partial charge in [0.2, 0.25) is 43.4 Å². The van der Waals surface area contributed by atoms with Crippen molar-refractivity contribution in [2.45, 2.75) is 35.6 Å². The van der Waals surface area contributed by atoms with Gasteiger partial charge in [-0.15, -0.1) is 0 Å². The minimum absolute atomic E-state index is 0.482. The van der Waals surface area contributed by atoms with Crippen LogP contribution in [0, 0.1) is 0 Å². The molecule has 8 rings (SSSR count). The Hall–Kier alpha value is 0.199. The highest BCUT2D eigenvalue weighted by Gasteiger charge is 2.71. The Morgan fingerprint density at radius 2 is 1.21 bits per heavy atom. The first-order chi connectivity index (χ1) is 13.9. The highest BCUT2D eigenvalue weighted by atomic mass is 15.4. The molecule has 16 heteroatoms. The van der Waals surface area contributed by atoms with Crippen LogP contribution < -0.4 is 20.9 Å². The monoisotopic (exact) mass is 366 g/mol. The molecule has 0 aliphatic carbocycles. The summed E-state index contributed by atoms with van der Waals surface area (Å²) in [5.74, 6) is 3.18. The molecule has 4 N–H and O–H groups in total. The first-order valence-corrected chi connectivity index (χ1v) is 11.2. The van der Waals surface area contributed by atoms with Crippen LogP contribution in [0.5, 0.6) is 0 Å². The van der Waals surface area contributed by atoms with Crippen LogP contribution in [-0.2, 0) is 0 Å². The average Bonchev–Trinajstić information content (AvgIpc) is 2.74. The zero-order valence-corrected chi connectivity index (χ0v) is 16.1. The van der Waals surface area contributed by atoms with Crippen molar-refractivity contribution in [3.8, 4) is 0 Å². The smallest absolute Gasteiger partial charge is 0.257 e. The zero-order valence-electron chi connectivity index (χ0n) is 16.1. The summed E-state index contributed by atoms with van der Waals surface area (Å²) in [6.45, 7) is 2.43. The van der Waals surface area contributed by atoms with E-state index in [-0.39, 0.29) is 0 Å². The summed E-state index contributed by atoms with van der Waals surface area (Å²) in [6, 6.07) is 0. The second kappa shape index (κ2) is 5.91. The molecule has 134 valence electrons. The Balaban J connectivity index is 1.33. The predicted molar refractivity (Wildman–Crippen MR) is 118 cm³/mol. The molecule has 8 aliphatic rings. The molecule has 6 atom stereocenters. The van der Waals surface area contributed by atoms with Crippen molar-refractivity contribution in [3.05, 3.63) is 0 Å². The SMILES string of the molecule is [B]1CN2CB3CN[B]C4C5[B]NCB6CN7C[B]NC8B7C(C(B2C8N1)N34)N65. The van der Waals surface area contributed by atoms with E-state index in [2.05, 4.69) is 69.8 Å². The van der Waals surface area contributed by atoms with E-state index in [9.17, 15) is 0 Å². The Kier molecular flexibility index (Phi) is 3.55. The fraction of sp³-hybridized carbons (Fsp3) is 1.00. The zero-order chi connectivity index (χ0) is 18.0. The maximum absolute atomic E-state index is 3.85. The molecule has 4 radical (unpaired) electrons. The number of rotatable bonds is 0. The van der Waals surface area contributed by atoms with E-state index >= 15 is 0 Å². The molecule has 0 aromatic rings. The molecule has 6 unspecified atom stereocenters. The number of hydrogen-bond donors (Lipinski definition) is 4. The van der Waals surface area contributed by atoms with Crippen molar-refractivity contribution in [2.75, 3.05) is 38.7 Å². The molecule has 0 spiro atoms. The van der Waals surface area contributed by atoms with E-state index in [1.165, 1.54) is 12.9 Å². The molecule has 8 heterocycles. The minimum atomic E-state index is 0.482. The van der Waals surface area contributed by atoms with Crippen LogP contribution in [0.3, 0.4) is 0 Å².